The molecule has 0 aliphatic carbocycles. The molecule has 2 heterocycles. The summed E-state index contributed by atoms with van der Waals surface area (Å²) in [6, 6.07) is 4.26. The van der Waals surface area contributed by atoms with Crippen molar-refractivity contribution in [3.05, 3.63) is 41.0 Å². The number of ether oxygens (including phenoxy) is 1. The summed E-state index contributed by atoms with van der Waals surface area (Å²) in [7, 11) is 1.71. The van der Waals surface area contributed by atoms with Crippen molar-refractivity contribution in [3.8, 4) is 17.0 Å². The quantitative estimate of drug-likeness (QED) is 0.701. The SMILES string of the molecule is COc1cc(C)c(C)cc1-c1csc2nccn12. The second kappa shape index (κ2) is 4.14. The molecule has 0 aliphatic heterocycles. The maximum Gasteiger partial charge on any atom is 0.194 e. The minimum absolute atomic E-state index is 0.909. The van der Waals surface area contributed by atoms with Crippen molar-refractivity contribution in [2.45, 2.75) is 13.8 Å². The number of aromatic nitrogens is 2. The van der Waals surface area contributed by atoms with Crippen molar-refractivity contribution in [1.82, 2.24) is 9.38 Å². The third-order valence-corrected chi connectivity index (χ3v) is 4.09. The van der Waals surface area contributed by atoms with Gasteiger partial charge in [-0.25, -0.2) is 4.98 Å². The maximum atomic E-state index is 5.50. The van der Waals surface area contributed by atoms with E-state index in [0.29, 0.717) is 0 Å². The van der Waals surface area contributed by atoms with Crippen molar-refractivity contribution < 1.29 is 4.74 Å². The lowest BCUT2D eigenvalue weighted by Gasteiger charge is -2.11. The van der Waals surface area contributed by atoms with E-state index in [-0.39, 0.29) is 0 Å². The van der Waals surface area contributed by atoms with Gasteiger partial charge in [-0.2, -0.15) is 0 Å². The van der Waals surface area contributed by atoms with Crippen LogP contribution in [0.2, 0.25) is 0 Å². The lowest BCUT2D eigenvalue weighted by atomic mass is 10.0. The zero-order chi connectivity index (χ0) is 12.7. The molecule has 0 saturated heterocycles. The molecule has 3 nitrogen and oxygen atoms in total. The van der Waals surface area contributed by atoms with Crippen LogP contribution in [0, 0.1) is 13.8 Å². The summed E-state index contributed by atoms with van der Waals surface area (Å²) in [6.07, 6.45) is 3.80. The molecule has 3 rings (SSSR count). The minimum Gasteiger partial charge on any atom is -0.496 e. The predicted molar refractivity (Wildman–Crippen MR) is 74.5 cm³/mol. The van der Waals surface area contributed by atoms with Gasteiger partial charge < -0.3 is 4.74 Å². The van der Waals surface area contributed by atoms with E-state index in [0.717, 1.165) is 22.0 Å². The largest absolute Gasteiger partial charge is 0.496 e. The molecule has 92 valence electrons. The first-order valence-corrected chi connectivity index (χ1v) is 6.65. The van der Waals surface area contributed by atoms with E-state index in [2.05, 4.69) is 40.7 Å². The summed E-state index contributed by atoms with van der Waals surface area (Å²) in [6.45, 7) is 4.22. The Morgan fingerprint density at radius 1 is 1.22 bits per heavy atom. The standard InChI is InChI=1S/C14H14N2OS/c1-9-6-11(13(17-3)7-10(9)2)12-8-18-14-15-4-5-16(12)14/h4-8H,1-3H3. The fourth-order valence-corrected chi connectivity index (χ4v) is 2.93. The fourth-order valence-electron chi connectivity index (χ4n) is 2.08. The molecule has 0 atom stereocenters. The van der Waals surface area contributed by atoms with Crippen LogP contribution in [-0.2, 0) is 0 Å². The molecule has 2 aromatic heterocycles. The number of imidazole rings is 1. The van der Waals surface area contributed by atoms with Crippen LogP contribution in [0.5, 0.6) is 5.75 Å². The van der Waals surface area contributed by atoms with Gasteiger partial charge in [-0.1, -0.05) is 0 Å². The van der Waals surface area contributed by atoms with E-state index in [1.807, 2.05) is 12.4 Å². The predicted octanol–water partition coefficient (Wildman–Crippen LogP) is 3.69. The molecule has 0 N–H and O–H groups in total. The van der Waals surface area contributed by atoms with Crippen LogP contribution in [0.4, 0.5) is 0 Å². The Bertz CT molecular complexity index is 712. The van der Waals surface area contributed by atoms with E-state index in [1.54, 1.807) is 18.4 Å². The number of thiazole rings is 1. The molecule has 0 aliphatic rings. The zero-order valence-corrected chi connectivity index (χ0v) is 11.4. The average molecular weight is 258 g/mol. The molecule has 1 aromatic carbocycles. The number of fused-ring (bicyclic) bond motifs is 1. The second-order valence-electron chi connectivity index (χ2n) is 4.34. The van der Waals surface area contributed by atoms with Gasteiger partial charge in [-0.15, -0.1) is 11.3 Å². The van der Waals surface area contributed by atoms with Gasteiger partial charge >= 0.3 is 0 Å². The van der Waals surface area contributed by atoms with E-state index in [9.17, 15) is 0 Å². The van der Waals surface area contributed by atoms with Crippen molar-refractivity contribution in [1.29, 1.82) is 0 Å². The Morgan fingerprint density at radius 3 is 2.78 bits per heavy atom. The monoisotopic (exact) mass is 258 g/mol. The summed E-state index contributed by atoms with van der Waals surface area (Å²) in [5, 5.41) is 2.12. The highest BCUT2D eigenvalue weighted by atomic mass is 32.1. The second-order valence-corrected chi connectivity index (χ2v) is 5.17. The lowest BCUT2D eigenvalue weighted by Crippen LogP contribution is -1.93. The summed E-state index contributed by atoms with van der Waals surface area (Å²) in [5.41, 5.74) is 4.76. The minimum atomic E-state index is 0.909. The Balaban J connectivity index is 2.28. The Kier molecular flexibility index (Phi) is 2.59. The van der Waals surface area contributed by atoms with Crippen LogP contribution in [0.3, 0.4) is 0 Å². The molecule has 0 amide bonds. The number of aryl methyl sites for hydroxylation is 2. The van der Waals surface area contributed by atoms with E-state index >= 15 is 0 Å². The van der Waals surface area contributed by atoms with Crippen LogP contribution in [0.1, 0.15) is 11.1 Å². The number of rotatable bonds is 2. The van der Waals surface area contributed by atoms with Crippen LogP contribution in [-0.4, -0.2) is 16.5 Å². The molecule has 0 unspecified atom stereocenters. The Hall–Kier alpha value is -1.81. The zero-order valence-electron chi connectivity index (χ0n) is 10.6. The Labute approximate surface area is 110 Å². The number of methoxy groups -OCH3 is 1. The third-order valence-electron chi connectivity index (χ3n) is 3.23. The van der Waals surface area contributed by atoms with Crippen LogP contribution in [0.25, 0.3) is 16.2 Å². The van der Waals surface area contributed by atoms with Crippen LogP contribution < -0.4 is 4.74 Å². The van der Waals surface area contributed by atoms with Gasteiger partial charge in [-0.05, 0) is 37.1 Å². The summed E-state index contributed by atoms with van der Waals surface area (Å²) in [5.74, 6) is 0.909. The van der Waals surface area contributed by atoms with E-state index in [1.165, 1.54) is 11.1 Å². The molecular formula is C14H14N2OS. The van der Waals surface area contributed by atoms with E-state index < -0.39 is 0 Å². The summed E-state index contributed by atoms with van der Waals surface area (Å²) >= 11 is 1.64. The average Bonchev–Trinajstić information content (AvgIpc) is 2.94. The summed E-state index contributed by atoms with van der Waals surface area (Å²) in [4.78, 5) is 5.31. The maximum absolute atomic E-state index is 5.50. The van der Waals surface area contributed by atoms with Crippen molar-refractivity contribution >= 4 is 16.3 Å². The molecular weight excluding hydrogens is 244 g/mol. The first-order chi connectivity index (χ1) is 8.70. The normalized spacial score (nSPS) is 11.1. The van der Waals surface area contributed by atoms with Gasteiger partial charge in [0.25, 0.3) is 0 Å². The number of nitrogens with zero attached hydrogens (tertiary/aromatic N) is 2. The highest BCUT2D eigenvalue weighted by Gasteiger charge is 2.12. The molecule has 0 saturated carbocycles. The summed E-state index contributed by atoms with van der Waals surface area (Å²) < 4.78 is 7.60. The molecule has 4 heteroatoms. The topological polar surface area (TPSA) is 26.5 Å². The van der Waals surface area contributed by atoms with Crippen LogP contribution in [0.15, 0.2) is 29.9 Å². The molecule has 0 spiro atoms. The number of benzene rings is 1. The highest BCUT2D eigenvalue weighted by Crippen LogP contribution is 2.34. The van der Waals surface area contributed by atoms with Gasteiger partial charge in [0, 0.05) is 23.3 Å². The van der Waals surface area contributed by atoms with Gasteiger partial charge in [0.05, 0.1) is 12.8 Å². The van der Waals surface area contributed by atoms with Gasteiger partial charge in [0.1, 0.15) is 5.75 Å². The van der Waals surface area contributed by atoms with Gasteiger partial charge in [-0.3, -0.25) is 4.40 Å². The van der Waals surface area contributed by atoms with E-state index in [4.69, 9.17) is 4.74 Å². The van der Waals surface area contributed by atoms with Crippen LogP contribution >= 0.6 is 11.3 Å². The smallest absolute Gasteiger partial charge is 0.194 e. The van der Waals surface area contributed by atoms with Gasteiger partial charge in [0.15, 0.2) is 4.96 Å². The highest BCUT2D eigenvalue weighted by molar-refractivity contribution is 7.15. The molecule has 3 aromatic rings. The van der Waals surface area contributed by atoms with Crippen molar-refractivity contribution in [2.75, 3.05) is 7.11 Å². The van der Waals surface area contributed by atoms with Gasteiger partial charge in [0.2, 0.25) is 0 Å². The Morgan fingerprint density at radius 2 is 2.00 bits per heavy atom. The molecule has 0 bridgehead atoms. The first-order valence-electron chi connectivity index (χ1n) is 5.77. The molecule has 0 radical (unpaired) electrons. The lowest BCUT2D eigenvalue weighted by molar-refractivity contribution is 0.416. The number of hydrogen-bond donors (Lipinski definition) is 0. The van der Waals surface area contributed by atoms with Crippen molar-refractivity contribution in [2.24, 2.45) is 0 Å². The number of hydrogen-bond acceptors (Lipinski definition) is 3. The molecule has 0 fully saturated rings. The first kappa shape index (κ1) is 11.3. The molecule has 18 heavy (non-hydrogen) atoms. The third kappa shape index (κ3) is 1.61. The fraction of sp³-hybridized carbons (Fsp3) is 0.214. The van der Waals surface area contributed by atoms with Crippen molar-refractivity contribution in [3.63, 3.8) is 0 Å².